The second-order valence-corrected chi connectivity index (χ2v) is 4.60. The van der Waals surface area contributed by atoms with E-state index in [1.165, 1.54) is 0 Å². The topological polar surface area (TPSA) is 88.5 Å². The van der Waals surface area contributed by atoms with Crippen LogP contribution in [0.5, 0.6) is 5.75 Å². The van der Waals surface area contributed by atoms with Gasteiger partial charge in [0.25, 0.3) is 0 Å². The van der Waals surface area contributed by atoms with Crippen LogP contribution in [0.15, 0.2) is 34.8 Å². The lowest BCUT2D eigenvalue weighted by Crippen LogP contribution is -2.40. The number of ketones is 1. The van der Waals surface area contributed by atoms with Gasteiger partial charge in [0.05, 0.1) is 11.1 Å². The molecule has 94 valence electrons. The fourth-order valence-corrected chi connectivity index (χ4v) is 2.28. The molecule has 0 saturated heterocycles. The molecular formula is C14H11N3O2. The smallest absolute Gasteiger partial charge is 0.205 e. The quantitative estimate of drug-likeness (QED) is 0.755. The molecule has 0 aromatic heterocycles. The molecular weight excluding hydrogens is 242 g/mol. The number of aryl methyl sites for hydroxylation is 1. The maximum atomic E-state index is 12.4. The SMILES string of the molecule is Cc1ccc2c(c1)C(=O)C1C=C(C#N)C(N)=NC1O2. The van der Waals surface area contributed by atoms with Crippen LogP contribution in [0.25, 0.3) is 0 Å². The second kappa shape index (κ2) is 3.95. The van der Waals surface area contributed by atoms with Gasteiger partial charge >= 0.3 is 0 Å². The summed E-state index contributed by atoms with van der Waals surface area (Å²) in [7, 11) is 0. The normalized spacial score (nSPS) is 24.3. The molecule has 19 heavy (non-hydrogen) atoms. The summed E-state index contributed by atoms with van der Waals surface area (Å²) in [4.78, 5) is 16.5. The van der Waals surface area contributed by atoms with Crippen LogP contribution in [0.1, 0.15) is 15.9 Å². The third-order valence-electron chi connectivity index (χ3n) is 3.27. The summed E-state index contributed by atoms with van der Waals surface area (Å²) in [6.45, 7) is 1.91. The van der Waals surface area contributed by atoms with Gasteiger partial charge in [-0.1, -0.05) is 11.6 Å². The number of carbonyl (C=O) groups is 1. The Labute approximate surface area is 110 Å². The highest BCUT2D eigenvalue weighted by Crippen LogP contribution is 2.34. The van der Waals surface area contributed by atoms with E-state index in [2.05, 4.69) is 4.99 Å². The van der Waals surface area contributed by atoms with Gasteiger partial charge in [-0.05, 0) is 25.1 Å². The van der Waals surface area contributed by atoms with Crippen molar-refractivity contribution in [1.29, 1.82) is 5.26 Å². The van der Waals surface area contributed by atoms with Crippen LogP contribution in [0, 0.1) is 24.2 Å². The molecule has 0 spiro atoms. The lowest BCUT2D eigenvalue weighted by Gasteiger charge is -2.30. The van der Waals surface area contributed by atoms with E-state index in [9.17, 15) is 4.79 Å². The number of dihydropyridines is 1. The Morgan fingerprint density at radius 3 is 3.00 bits per heavy atom. The van der Waals surface area contributed by atoms with Crippen LogP contribution in [0.2, 0.25) is 0 Å². The van der Waals surface area contributed by atoms with E-state index in [4.69, 9.17) is 15.7 Å². The van der Waals surface area contributed by atoms with Gasteiger partial charge in [-0.3, -0.25) is 4.79 Å². The number of benzene rings is 1. The lowest BCUT2D eigenvalue weighted by atomic mass is 9.88. The van der Waals surface area contributed by atoms with Crippen LogP contribution >= 0.6 is 0 Å². The Morgan fingerprint density at radius 2 is 2.26 bits per heavy atom. The maximum absolute atomic E-state index is 12.4. The number of amidine groups is 1. The van der Waals surface area contributed by atoms with Crippen molar-refractivity contribution in [1.82, 2.24) is 0 Å². The molecule has 2 unspecified atom stereocenters. The van der Waals surface area contributed by atoms with Gasteiger partial charge in [0.1, 0.15) is 23.6 Å². The first-order valence-electron chi connectivity index (χ1n) is 5.87. The Kier molecular flexibility index (Phi) is 2.39. The molecule has 0 fully saturated rings. The van der Waals surface area contributed by atoms with E-state index in [0.29, 0.717) is 11.3 Å². The Morgan fingerprint density at radius 1 is 1.47 bits per heavy atom. The summed E-state index contributed by atoms with van der Waals surface area (Å²) in [6, 6.07) is 7.36. The van der Waals surface area contributed by atoms with Crippen LogP contribution < -0.4 is 10.5 Å². The van der Waals surface area contributed by atoms with E-state index in [1.807, 2.05) is 19.1 Å². The van der Waals surface area contributed by atoms with E-state index < -0.39 is 12.1 Å². The van der Waals surface area contributed by atoms with E-state index in [0.717, 1.165) is 5.56 Å². The largest absolute Gasteiger partial charge is 0.467 e. The minimum atomic E-state index is -0.667. The number of fused-ring (bicyclic) bond motifs is 2. The second-order valence-electron chi connectivity index (χ2n) is 4.60. The summed E-state index contributed by atoms with van der Waals surface area (Å²) in [5.74, 6) is -0.0236. The predicted molar refractivity (Wildman–Crippen MR) is 68.7 cm³/mol. The van der Waals surface area contributed by atoms with Crippen molar-refractivity contribution in [2.45, 2.75) is 13.2 Å². The monoisotopic (exact) mass is 253 g/mol. The molecule has 2 heterocycles. The molecule has 0 amide bonds. The molecule has 0 radical (unpaired) electrons. The molecule has 2 atom stereocenters. The number of nitrogens with zero attached hydrogens (tertiary/aromatic N) is 2. The van der Waals surface area contributed by atoms with Crippen molar-refractivity contribution in [3.05, 3.63) is 41.0 Å². The Hall–Kier alpha value is -2.61. The van der Waals surface area contributed by atoms with Crippen LogP contribution in [-0.2, 0) is 0 Å². The predicted octanol–water partition coefficient (Wildman–Crippen LogP) is 1.33. The third-order valence-corrected chi connectivity index (χ3v) is 3.27. The number of nitrogens with two attached hydrogens (primary N) is 1. The molecule has 5 heteroatoms. The van der Waals surface area contributed by atoms with Gasteiger partial charge in [-0.15, -0.1) is 0 Å². The van der Waals surface area contributed by atoms with Gasteiger partial charge in [-0.2, -0.15) is 5.26 Å². The van der Waals surface area contributed by atoms with Crippen LogP contribution in [0.4, 0.5) is 0 Å². The highest BCUT2D eigenvalue weighted by atomic mass is 16.5. The third kappa shape index (κ3) is 1.69. The van der Waals surface area contributed by atoms with Crippen LogP contribution in [0.3, 0.4) is 0 Å². The first kappa shape index (κ1) is 11.5. The van der Waals surface area contributed by atoms with E-state index in [1.54, 1.807) is 18.2 Å². The number of carbonyl (C=O) groups excluding carboxylic acids is 1. The molecule has 2 aliphatic heterocycles. The fraction of sp³-hybridized carbons (Fsp3) is 0.214. The first-order valence-corrected chi connectivity index (χ1v) is 5.87. The maximum Gasteiger partial charge on any atom is 0.205 e. The summed E-state index contributed by atoms with van der Waals surface area (Å²) >= 11 is 0. The highest BCUT2D eigenvalue weighted by Gasteiger charge is 2.38. The number of hydrogen-bond acceptors (Lipinski definition) is 5. The van der Waals surface area contributed by atoms with Crippen molar-refractivity contribution < 1.29 is 9.53 Å². The fourth-order valence-electron chi connectivity index (χ4n) is 2.28. The molecule has 2 N–H and O–H groups in total. The molecule has 0 bridgehead atoms. The van der Waals surface area contributed by atoms with Gasteiger partial charge in [-0.25, -0.2) is 4.99 Å². The zero-order valence-electron chi connectivity index (χ0n) is 10.3. The van der Waals surface area contributed by atoms with Crippen molar-refractivity contribution in [2.75, 3.05) is 0 Å². The minimum Gasteiger partial charge on any atom is -0.467 e. The number of aliphatic imine (C=N–C) groups is 1. The molecule has 1 aromatic rings. The number of rotatable bonds is 0. The van der Waals surface area contributed by atoms with Crippen molar-refractivity contribution in [3.63, 3.8) is 0 Å². The molecule has 2 aliphatic rings. The Bertz CT molecular complexity index is 682. The van der Waals surface area contributed by atoms with Gasteiger partial charge in [0.15, 0.2) is 5.78 Å². The Balaban J connectivity index is 2.10. The van der Waals surface area contributed by atoms with Crippen molar-refractivity contribution in [2.24, 2.45) is 16.6 Å². The average Bonchev–Trinajstić information content (AvgIpc) is 2.39. The van der Waals surface area contributed by atoms with Gasteiger partial charge < -0.3 is 10.5 Å². The summed E-state index contributed by atoms with van der Waals surface area (Å²) in [6.07, 6.45) is 0.875. The van der Waals surface area contributed by atoms with Gasteiger partial charge in [0, 0.05) is 0 Å². The van der Waals surface area contributed by atoms with E-state index >= 15 is 0 Å². The highest BCUT2D eigenvalue weighted by molar-refractivity contribution is 6.07. The number of nitriles is 1. The zero-order valence-corrected chi connectivity index (χ0v) is 10.3. The van der Waals surface area contributed by atoms with Crippen molar-refractivity contribution >= 4 is 11.6 Å². The molecule has 5 nitrogen and oxygen atoms in total. The molecule has 1 aromatic carbocycles. The lowest BCUT2D eigenvalue weighted by molar-refractivity contribution is 0.0751. The summed E-state index contributed by atoms with van der Waals surface area (Å²) in [5.41, 5.74) is 7.40. The number of hydrogen-bond donors (Lipinski definition) is 1. The first-order chi connectivity index (χ1) is 9.10. The standard InChI is InChI=1S/C14H11N3O2/c1-7-2-3-11-9(4-7)12(18)10-5-8(6-15)13(16)17-14(10)19-11/h2-5,10,14H,1H3,(H2,16,17). The van der Waals surface area contributed by atoms with E-state index in [-0.39, 0.29) is 17.2 Å². The molecule has 0 aliphatic carbocycles. The summed E-state index contributed by atoms with van der Waals surface area (Å²) in [5, 5.41) is 8.95. The van der Waals surface area contributed by atoms with Crippen LogP contribution in [-0.4, -0.2) is 17.8 Å². The average molecular weight is 253 g/mol. The zero-order chi connectivity index (χ0) is 13.6. The van der Waals surface area contributed by atoms with Crippen molar-refractivity contribution in [3.8, 4) is 11.8 Å². The number of Topliss-reactive ketones (excluding diaryl/α,β-unsaturated/α-hetero) is 1. The number of ether oxygens (including phenoxy) is 1. The molecule has 3 rings (SSSR count). The molecule has 0 saturated carbocycles. The minimum absolute atomic E-state index is 0.0843. The van der Waals surface area contributed by atoms with Gasteiger partial charge in [0.2, 0.25) is 6.23 Å². The summed E-state index contributed by atoms with van der Waals surface area (Å²) < 4.78 is 5.68.